The molecule has 5 nitrogen and oxygen atoms in total. The van der Waals surface area contributed by atoms with Gasteiger partial charge in [0.15, 0.2) is 0 Å². The van der Waals surface area contributed by atoms with Crippen LogP contribution in [0.1, 0.15) is 23.2 Å². The summed E-state index contributed by atoms with van der Waals surface area (Å²) in [4.78, 5) is 23.0. The van der Waals surface area contributed by atoms with Gasteiger partial charge in [0, 0.05) is 6.54 Å². The van der Waals surface area contributed by atoms with Crippen LogP contribution in [0.25, 0.3) is 0 Å². The molecule has 2 heterocycles. The van der Waals surface area contributed by atoms with Gasteiger partial charge in [0.05, 0.1) is 11.5 Å². The molecule has 0 aliphatic carbocycles. The number of rotatable bonds is 3. The van der Waals surface area contributed by atoms with Crippen molar-refractivity contribution < 1.29 is 9.59 Å². The fourth-order valence-electron chi connectivity index (χ4n) is 1.89. The molecule has 0 radical (unpaired) electrons. The Morgan fingerprint density at radius 1 is 1.53 bits per heavy atom. The molecule has 0 saturated carbocycles. The van der Waals surface area contributed by atoms with Gasteiger partial charge in [-0.3, -0.25) is 9.59 Å². The lowest BCUT2D eigenvalue weighted by Crippen LogP contribution is -2.37. The molecule has 1 aromatic rings. The molecule has 1 unspecified atom stereocenters. The largest absolute Gasteiger partial charge is 0.366 e. The lowest BCUT2D eigenvalue weighted by molar-refractivity contribution is -0.120. The Hall–Kier alpha value is -1.40. The predicted octanol–water partition coefficient (Wildman–Crippen LogP) is 0.785. The average Bonchev–Trinajstić information content (AvgIpc) is 2.78. The van der Waals surface area contributed by atoms with Gasteiger partial charge >= 0.3 is 0 Å². The van der Waals surface area contributed by atoms with Gasteiger partial charge in [0.1, 0.15) is 5.00 Å². The summed E-state index contributed by atoms with van der Waals surface area (Å²) in [6.07, 6.45) is 1.89. The Morgan fingerprint density at radius 2 is 2.35 bits per heavy atom. The standard InChI is InChI=1S/C11H15N3O2S/c12-9(15)8-3-5-17-11(8)14-10(16)7-2-1-4-13-6-7/h3,5,7,13H,1-2,4,6H2,(H2,12,15)(H,14,16). The summed E-state index contributed by atoms with van der Waals surface area (Å²) >= 11 is 1.32. The molecule has 1 saturated heterocycles. The Bertz CT molecular complexity index is 424. The minimum absolute atomic E-state index is 0.0217. The van der Waals surface area contributed by atoms with Crippen LogP contribution in [0.2, 0.25) is 0 Å². The molecule has 1 aliphatic rings. The van der Waals surface area contributed by atoms with Crippen LogP contribution in [0, 0.1) is 5.92 Å². The Kier molecular flexibility index (Phi) is 3.75. The van der Waals surface area contributed by atoms with E-state index in [1.807, 2.05) is 0 Å². The molecule has 1 fully saturated rings. The second-order valence-corrected chi connectivity index (χ2v) is 4.98. The highest BCUT2D eigenvalue weighted by Crippen LogP contribution is 2.24. The van der Waals surface area contributed by atoms with E-state index < -0.39 is 5.91 Å². The van der Waals surface area contributed by atoms with Gasteiger partial charge in [-0.05, 0) is 30.8 Å². The number of hydrogen-bond donors (Lipinski definition) is 3. The number of amides is 2. The van der Waals surface area contributed by atoms with Crippen molar-refractivity contribution >= 4 is 28.2 Å². The molecule has 92 valence electrons. The van der Waals surface area contributed by atoms with Crippen LogP contribution in [0.15, 0.2) is 11.4 Å². The van der Waals surface area contributed by atoms with Gasteiger partial charge in [-0.15, -0.1) is 11.3 Å². The summed E-state index contributed by atoms with van der Waals surface area (Å²) in [5, 5.41) is 8.26. The molecular formula is C11H15N3O2S. The first-order chi connectivity index (χ1) is 8.18. The smallest absolute Gasteiger partial charge is 0.251 e. The molecule has 17 heavy (non-hydrogen) atoms. The maximum Gasteiger partial charge on any atom is 0.251 e. The fourth-order valence-corrected chi connectivity index (χ4v) is 2.68. The zero-order chi connectivity index (χ0) is 12.3. The number of nitrogens with one attached hydrogen (secondary N) is 2. The number of primary amides is 1. The molecule has 0 bridgehead atoms. The van der Waals surface area contributed by atoms with Crippen LogP contribution >= 0.6 is 11.3 Å². The van der Waals surface area contributed by atoms with Crippen molar-refractivity contribution in [3.63, 3.8) is 0 Å². The van der Waals surface area contributed by atoms with Crippen molar-refractivity contribution in [1.29, 1.82) is 0 Å². The summed E-state index contributed by atoms with van der Waals surface area (Å²) in [5.41, 5.74) is 5.60. The van der Waals surface area contributed by atoms with E-state index in [2.05, 4.69) is 10.6 Å². The highest BCUT2D eigenvalue weighted by atomic mass is 32.1. The van der Waals surface area contributed by atoms with Gasteiger partial charge in [0.25, 0.3) is 5.91 Å². The Morgan fingerprint density at radius 3 is 3.00 bits per heavy atom. The summed E-state index contributed by atoms with van der Waals surface area (Å²) in [6.45, 7) is 1.67. The van der Waals surface area contributed by atoms with Crippen molar-refractivity contribution in [1.82, 2.24) is 5.32 Å². The van der Waals surface area contributed by atoms with Crippen LogP contribution in [-0.4, -0.2) is 24.9 Å². The number of hydrogen-bond acceptors (Lipinski definition) is 4. The van der Waals surface area contributed by atoms with Gasteiger partial charge in [-0.1, -0.05) is 0 Å². The van der Waals surface area contributed by atoms with E-state index in [1.54, 1.807) is 11.4 Å². The van der Waals surface area contributed by atoms with Crippen LogP contribution in [0.5, 0.6) is 0 Å². The van der Waals surface area contributed by atoms with Crippen molar-refractivity contribution in [3.05, 3.63) is 17.0 Å². The molecule has 0 aromatic carbocycles. The number of anilines is 1. The summed E-state index contributed by atoms with van der Waals surface area (Å²) in [7, 11) is 0. The van der Waals surface area contributed by atoms with E-state index in [0.717, 1.165) is 19.4 Å². The first-order valence-electron chi connectivity index (χ1n) is 5.57. The van der Waals surface area contributed by atoms with Crippen LogP contribution in [0.3, 0.4) is 0 Å². The zero-order valence-electron chi connectivity index (χ0n) is 9.36. The normalized spacial score (nSPS) is 19.9. The Labute approximate surface area is 103 Å². The molecule has 0 spiro atoms. The maximum absolute atomic E-state index is 11.9. The van der Waals surface area contributed by atoms with E-state index in [-0.39, 0.29) is 11.8 Å². The van der Waals surface area contributed by atoms with E-state index in [9.17, 15) is 9.59 Å². The highest BCUT2D eigenvalue weighted by molar-refractivity contribution is 7.14. The molecule has 2 rings (SSSR count). The number of piperidine rings is 1. The minimum Gasteiger partial charge on any atom is -0.366 e. The van der Waals surface area contributed by atoms with E-state index in [0.29, 0.717) is 17.1 Å². The highest BCUT2D eigenvalue weighted by Gasteiger charge is 2.22. The first kappa shape index (κ1) is 12.1. The number of thiophene rings is 1. The van der Waals surface area contributed by atoms with Gasteiger partial charge in [0.2, 0.25) is 5.91 Å². The number of nitrogens with two attached hydrogens (primary N) is 1. The van der Waals surface area contributed by atoms with Crippen molar-refractivity contribution in [3.8, 4) is 0 Å². The molecule has 4 N–H and O–H groups in total. The van der Waals surface area contributed by atoms with Crippen molar-refractivity contribution in [2.75, 3.05) is 18.4 Å². The van der Waals surface area contributed by atoms with Crippen LogP contribution in [-0.2, 0) is 4.79 Å². The third kappa shape index (κ3) is 2.83. The molecule has 1 atom stereocenters. The van der Waals surface area contributed by atoms with E-state index >= 15 is 0 Å². The average molecular weight is 253 g/mol. The van der Waals surface area contributed by atoms with E-state index in [4.69, 9.17) is 5.73 Å². The van der Waals surface area contributed by atoms with Gasteiger partial charge < -0.3 is 16.4 Å². The molecule has 1 aliphatic heterocycles. The van der Waals surface area contributed by atoms with Gasteiger partial charge in [-0.25, -0.2) is 0 Å². The third-order valence-corrected chi connectivity index (χ3v) is 3.66. The Balaban J connectivity index is 2.02. The third-order valence-electron chi connectivity index (χ3n) is 2.84. The number of carbonyl (C=O) groups is 2. The molecule has 6 heteroatoms. The van der Waals surface area contributed by atoms with Crippen molar-refractivity contribution in [2.24, 2.45) is 11.7 Å². The van der Waals surface area contributed by atoms with Gasteiger partial charge in [-0.2, -0.15) is 0 Å². The minimum atomic E-state index is -0.511. The maximum atomic E-state index is 11.9. The lowest BCUT2D eigenvalue weighted by atomic mass is 9.99. The fraction of sp³-hybridized carbons (Fsp3) is 0.455. The zero-order valence-corrected chi connectivity index (χ0v) is 10.2. The van der Waals surface area contributed by atoms with Crippen LogP contribution < -0.4 is 16.4 Å². The monoisotopic (exact) mass is 253 g/mol. The molecule has 2 amide bonds. The molecule has 1 aromatic heterocycles. The first-order valence-corrected chi connectivity index (χ1v) is 6.45. The van der Waals surface area contributed by atoms with Crippen molar-refractivity contribution in [2.45, 2.75) is 12.8 Å². The quantitative estimate of drug-likeness (QED) is 0.744. The summed E-state index contributed by atoms with van der Waals surface area (Å²) in [5.74, 6) is -0.572. The number of carbonyl (C=O) groups excluding carboxylic acids is 2. The summed E-state index contributed by atoms with van der Waals surface area (Å²) in [6, 6.07) is 1.63. The molecular weight excluding hydrogens is 238 g/mol. The predicted molar refractivity (Wildman–Crippen MR) is 67.1 cm³/mol. The summed E-state index contributed by atoms with van der Waals surface area (Å²) < 4.78 is 0. The van der Waals surface area contributed by atoms with Crippen LogP contribution in [0.4, 0.5) is 5.00 Å². The topological polar surface area (TPSA) is 84.2 Å². The lowest BCUT2D eigenvalue weighted by Gasteiger charge is -2.21. The second-order valence-electron chi connectivity index (χ2n) is 4.06. The second kappa shape index (κ2) is 5.29. The van der Waals surface area contributed by atoms with E-state index in [1.165, 1.54) is 11.3 Å². The SMILES string of the molecule is NC(=O)c1ccsc1NC(=O)C1CCCNC1.